The van der Waals surface area contributed by atoms with Gasteiger partial charge in [0.1, 0.15) is 5.82 Å². The number of halogens is 1. The molecule has 1 aliphatic rings. The van der Waals surface area contributed by atoms with Crippen molar-refractivity contribution in [2.24, 2.45) is 0 Å². The summed E-state index contributed by atoms with van der Waals surface area (Å²) in [5.74, 6) is -0.0598. The minimum atomic E-state index is -0.282. The van der Waals surface area contributed by atoms with Crippen LogP contribution in [-0.4, -0.2) is 11.2 Å². The fourth-order valence-corrected chi connectivity index (χ4v) is 2.31. The number of aryl methyl sites for hydroxylation is 1. The lowest BCUT2D eigenvalue weighted by Gasteiger charge is -2.17. The van der Waals surface area contributed by atoms with Gasteiger partial charge in [0.05, 0.1) is 6.10 Å². The Morgan fingerprint density at radius 2 is 2.14 bits per heavy atom. The zero-order valence-electron chi connectivity index (χ0n) is 8.33. The monoisotopic (exact) mass is 194 g/mol. The summed E-state index contributed by atoms with van der Waals surface area (Å²) in [4.78, 5) is 0. The van der Waals surface area contributed by atoms with Gasteiger partial charge >= 0.3 is 0 Å². The number of rotatable bonds is 1. The molecular formula is C12H15FO. The number of benzene rings is 1. The Balaban J connectivity index is 2.34. The summed E-state index contributed by atoms with van der Waals surface area (Å²) in [7, 11) is 0. The number of aliphatic hydroxyl groups is 1. The molecule has 1 fully saturated rings. The Morgan fingerprint density at radius 3 is 2.79 bits per heavy atom. The third-order valence-electron chi connectivity index (χ3n) is 3.12. The average Bonchev–Trinajstić information content (AvgIpc) is 2.56. The van der Waals surface area contributed by atoms with Crippen molar-refractivity contribution in [3.63, 3.8) is 0 Å². The van der Waals surface area contributed by atoms with Crippen molar-refractivity contribution in [3.8, 4) is 0 Å². The minimum absolute atomic E-state index is 0.144. The Bertz CT molecular complexity index is 335. The lowest BCUT2D eigenvalue weighted by atomic mass is 9.92. The molecule has 1 N–H and O–H groups in total. The zero-order valence-corrected chi connectivity index (χ0v) is 8.33. The van der Waals surface area contributed by atoms with E-state index >= 15 is 0 Å². The van der Waals surface area contributed by atoms with Crippen LogP contribution in [0, 0.1) is 12.7 Å². The molecule has 0 aliphatic heterocycles. The lowest BCUT2D eigenvalue weighted by molar-refractivity contribution is 0.163. The third kappa shape index (κ3) is 1.67. The van der Waals surface area contributed by atoms with Crippen LogP contribution in [0.5, 0.6) is 0 Å². The van der Waals surface area contributed by atoms with Crippen LogP contribution in [0.2, 0.25) is 0 Å². The molecular weight excluding hydrogens is 179 g/mol. The highest BCUT2D eigenvalue weighted by molar-refractivity contribution is 5.31. The smallest absolute Gasteiger partial charge is 0.123 e. The summed E-state index contributed by atoms with van der Waals surface area (Å²) < 4.78 is 13.0. The van der Waals surface area contributed by atoms with Gasteiger partial charge in [-0.2, -0.15) is 0 Å². The fourth-order valence-electron chi connectivity index (χ4n) is 2.31. The fraction of sp³-hybridized carbons (Fsp3) is 0.500. The highest BCUT2D eigenvalue weighted by Crippen LogP contribution is 2.36. The first kappa shape index (κ1) is 9.66. The molecule has 2 rings (SSSR count). The van der Waals surface area contributed by atoms with Gasteiger partial charge in [-0.3, -0.25) is 0 Å². The van der Waals surface area contributed by atoms with Gasteiger partial charge in [-0.1, -0.05) is 12.5 Å². The molecule has 1 aromatic rings. The molecule has 2 atom stereocenters. The van der Waals surface area contributed by atoms with Crippen LogP contribution in [0.15, 0.2) is 18.2 Å². The summed E-state index contributed by atoms with van der Waals surface area (Å²) in [6.07, 6.45) is 2.59. The van der Waals surface area contributed by atoms with Gasteiger partial charge in [-0.05, 0) is 43.0 Å². The molecule has 76 valence electrons. The second-order valence-electron chi connectivity index (χ2n) is 4.11. The van der Waals surface area contributed by atoms with Crippen LogP contribution in [0.1, 0.15) is 36.3 Å². The Hall–Kier alpha value is -0.890. The number of hydrogen-bond donors (Lipinski definition) is 1. The minimum Gasteiger partial charge on any atom is -0.392 e. The molecule has 0 saturated heterocycles. The van der Waals surface area contributed by atoms with Crippen molar-refractivity contribution in [2.45, 2.75) is 38.2 Å². The van der Waals surface area contributed by atoms with Crippen molar-refractivity contribution in [1.82, 2.24) is 0 Å². The summed E-state index contributed by atoms with van der Waals surface area (Å²) >= 11 is 0. The topological polar surface area (TPSA) is 20.2 Å². The Kier molecular flexibility index (Phi) is 2.55. The maximum atomic E-state index is 13.0. The van der Waals surface area contributed by atoms with Crippen LogP contribution >= 0.6 is 0 Å². The molecule has 0 heterocycles. The molecule has 1 saturated carbocycles. The van der Waals surface area contributed by atoms with Gasteiger partial charge < -0.3 is 5.11 Å². The number of aliphatic hydroxyl groups excluding tert-OH is 1. The van der Waals surface area contributed by atoms with Gasteiger partial charge in [-0.25, -0.2) is 4.39 Å². The average molecular weight is 194 g/mol. The van der Waals surface area contributed by atoms with Gasteiger partial charge in [-0.15, -0.1) is 0 Å². The molecule has 2 heteroatoms. The predicted molar refractivity (Wildman–Crippen MR) is 53.7 cm³/mol. The Labute approximate surface area is 83.6 Å². The number of hydrogen-bond acceptors (Lipinski definition) is 1. The van der Waals surface area contributed by atoms with E-state index in [2.05, 4.69) is 0 Å². The molecule has 1 nitrogen and oxygen atoms in total. The quantitative estimate of drug-likeness (QED) is 0.728. The first-order valence-corrected chi connectivity index (χ1v) is 5.12. The van der Waals surface area contributed by atoms with Crippen LogP contribution in [0.4, 0.5) is 4.39 Å². The van der Waals surface area contributed by atoms with E-state index in [4.69, 9.17) is 0 Å². The molecule has 14 heavy (non-hydrogen) atoms. The van der Waals surface area contributed by atoms with E-state index in [-0.39, 0.29) is 17.8 Å². The van der Waals surface area contributed by atoms with E-state index in [0.717, 1.165) is 30.4 Å². The maximum absolute atomic E-state index is 13.0. The normalized spacial score (nSPS) is 26.8. The second-order valence-corrected chi connectivity index (χ2v) is 4.11. The van der Waals surface area contributed by atoms with Crippen molar-refractivity contribution in [2.75, 3.05) is 0 Å². The maximum Gasteiger partial charge on any atom is 0.123 e. The Morgan fingerprint density at radius 1 is 1.36 bits per heavy atom. The predicted octanol–water partition coefficient (Wildman–Crippen LogP) is 2.76. The third-order valence-corrected chi connectivity index (χ3v) is 3.12. The second kappa shape index (κ2) is 3.70. The van der Waals surface area contributed by atoms with Crippen molar-refractivity contribution < 1.29 is 9.50 Å². The van der Waals surface area contributed by atoms with E-state index in [9.17, 15) is 9.50 Å². The first-order valence-electron chi connectivity index (χ1n) is 5.12. The summed E-state index contributed by atoms with van der Waals surface area (Å²) in [5, 5.41) is 9.74. The standard InChI is InChI=1S/C12H15FO/c1-8-5-6-9(13)7-11(8)10-3-2-4-12(10)14/h5-7,10,12,14H,2-4H2,1H3. The molecule has 1 aliphatic carbocycles. The zero-order chi connectivity index (χ0) is 10.1. The van der Waals surface area contributed by atoms with Crippen molar-refractivity contribution >= 4 is 0 Å². The molecule has 1 aromatic carbocycles. The van der Waals surface area contributed by atoms with E-state index in [1.807, 2.05) is 6.92 Å². The molecule has 0 bridgehead atoms. The van der Waals surface area contributed by atoms with Crippen LogP contribution in [0.25, 0.3) is 0 Å². The van der Waals surface area contributed by atoms with E-state index in [1.54, 1.807) is 12.1 Å². The molecule has 2 unspecified atom stereocenters. The van der Waals surface area contributed by atoms with Gasteiger partial charge in [0.2, 0.25) is 0 Å². The van der Waals surface area contributed by atoms with Crippen molar-refractivity contribution in [3.05, 3.63) is 35.1 Å². The van der Waals surface area contributed by atoms with Crippen LogP contribution < -0.4 is 0 Å². The van der Waals surface area contributed by atoms with Crippen LogP contribution in [0.3, 0.4) is 0 Å². The molecule has 0 amide bonds. The van der Waals surface area contributed by atoms with Crippen LogP contribution in [-0.2, 0) is 0 Å². The lowest BCUT2D eigenvalue weighted by Crippen LogP contribution is -2.12. The molecule has 0 radical (unpaired) electrons. The highest BCUT2D eigenvalue weighted by Gasteiger charge is 2.27. The summed E-state index contributed by atoms with van der Waals surface area (Å²) in [6.45, 7) is 1.97. The summed E-state index contributed by atoms with van der Waals surface area (Å²) in [5.41, 5.74) is 2.06. The highest BCUT2D eigenvalue weighted by atomic mass is 19.1. The van der Waals surface area contributed by atoms with Gasteiger partial charge in [0.15, 0.2) is 0 Å². The van der Waals surface area contributed by atoms with E-state index < -0.39 is 0 Å². The first-order chi connectivity index (χ1) is 6.68. The van der Waals surface area contributed by atoms with E-state index in [1.165, 1.54) is 6.07 Å². The van der Waals surface area contributed by atoms with E-state index in [0.29, 0.717) is 0 Å². The molecule has 0 spiro atoms. The molecule has 0 aromatic heterocycles. The SMILES string of the molecule is Cc1ccc(F)cc1C1CCCC1O. The largest absolute Gasteiger partial charge is 0.392 e. The van der Waals surface area contributed by atoms with Gasteiger partial charge in [0.25, 0.3) is 0 Å². The summed E-state index contributed by atoms with van der Waals surface area (Å²) in [6, 6.07) is 4.82. The van der Waals surface area contributed by atoms with Gasteiger partial charge in [0, 0.05) is 5.92 Å². The van der Waals surface area contributed by atoms with Crippen molar-refractivity contribution in [1.29, 1.82) is 0 Å².